The Bertz CT molecular complexity index is 1020. The van der Waals surface area contributed by atoms with Crippen molar-refractivity contribution in [3.63, 3.8) is 0 Å². The van der Waals surface area contributed by atoms with Gasteiger partial charge in [-0.15, -0.1) is 0 Å². The third kappa shape index (κ3) is 3.94. The number of phenols is 1. The van der Waals surface area contributed by atoms with Crippen molar-refractivity contribution < 1.29 is 15.0 Å². The number of pyridine rings is 1. The standard InChI is InChI=1S/C20H15ClN2O3/c21-15-6-3-13(4-7-15)11-23-20(26)17-8-5-14-12-22-16(2-1-9-24)10-18(14)19(17)25/h3-8,10,12,24-25H,9,11H2,(H,23,26). The molecule has 2 aromatic carbocycles. The minimum atomic E-state index is -0.390. The van der Waals surface area contributed by atoms with Gasteiger partial charge < -0.3 is 15.5 Å². The summed E-state index contributed by atoms with van der Waals surface area (Å²) in [5.74, 6) is 4.66. The molecule has 3 N–H and O–H groups in total. The number of rotatable bonds is 3. The van der Waals surface area contributed by atoms with Crippen molar-refractivity contribution in [2.75, 3.05) is 6.61 Å². The first kappa shape index (κ1) is 17.7. The minimum Gasteiger partial charge on any atom is -0.506 e. The van der Waals surface area contributed by atoms with E-state index in [4.69, 9.17) is 16.7 Å². The van der Waals surface area contributed by atoms with Crippen LogP contribution < -0.4 is 5.32 Å². The molecule has 3 rings (SSSR count). The van der Waals surface area contributed by atoms with Crippen molar-refractivity contribution >= 4 is 28.3 Å². The average Bonchev–Trinajstić information content (AvgIpc) is 2.66. The van der Waals surface area contributed by atoms with Crippen molar-refractivity contribution in [1.29, 1.82) is 0 Å². The molecular weight excluding hydrogens is 352 g/mol. The van der Waals surface area contributed by atoms with Gasteiger partial charge in [0.1, 0.15) is 18.1 Å². The van der Waals surface area contributed by atoms with Gasteiger partial charge in [-0.3, -0.25) is 4.79 Å². The summed E-state index contributed by atoms with van der Waals surface area (Å²) in [4.78, 5) is 16.6. The summed E-state index contributed by atoms with van der Waals surface area (Å²) >= 11 is 5.84. The Morgan fingerprint density at radius 1 is 1.19 bits per heavy atom. The van der Waals surface area contributed by atoms with E-state index in [1.807, 2.05) is 12.1 Å². The molecule has 0 fully saturated rings. The van der Waals surface area contributed by atoms with Crippen LogP contribution in [0.25, 0.3) is 10.8 Å². The van der Waals surface area contributed by atoms with E-state index in [0.717, 1.165) is 5.56 Å². The SMILES string of the molecule is O=C(NCc1ccc(Cl)cc1)c1ccc2cnc(C#CCO)cc2c1O. The van der Waals surface area contributed by atoms with Crippen LogP contribution in [0, 0.1) is 11.8 Å². The lowest BCUT2D eigenvalue weighted by atomic mass is 10.1. The van der Waals surface area contributed by atoms with Crippen LogP contribution in [0.1, 0.15) is 21.6 Å². The number of nitrogens with zero attached hydrogens (tertiary/aromatic N) is 1. The highest BCUT2D eigenvalue weighted by molar-refractivity contribution is 6.30. The fourth-order valence-corrected chi connectivity index (χ4v) is 2.59. The van der Waals surface area contributed by atoms with E-state index in [1.54, 1.807) is 36.5 Å². The Morgan fingerprint density at radius 3 is 2.69 bits per heavy atom. The van der Waals surface area contributed by atoms with Crippen LogP contribution >= 0.6 is 11.6 Å². The summed E-state index contributed by atoms with van der Waals surface area (Å²) in [6.45, 7) is 0.0376. The van der Waals surface area contributed by atoms with Gasteiger partial charge in [-0.2, -0.15) is 0 Å². The fourth-order valence-electron chi connectivity index (χ4n) is 2.46. The highest BCUT2D eigenvalue weighted by Crippen LogP contribution is 2.28. The summed E-state index contributed by atoms with van der Waals surface area (Å²) in [6.07, 6.45) is 1.56. The van der Waals surface area contributed by atoms with Crippen LogP contribution in [0.4, 0.5) is 0 Å². The smallest absolute Gasteiger partial charge is 0.255 e. The molecule has 6 heteroatoms. The molecular formula is C20H15ClN2O3. The van der Waals surface area contributed by atoms with Crippen molar-refractivity contribution in [1.82, 2.24) is 10.3 Å². The number of hydrogen-bond donors (Lipinski definition) is 3. The second-order valence-corrected chi connectivity index (χ2v) is 5.96. The number of nitrogens with one attached hydrogen (secondary N) is 1. The van der Waals surface area contributed by atoms with E-state index in [9.17, 15) is 9.90 Å². The zero-order chi connectivity index (χ0) is 18.5. The monoisotopic (exact) mass is 366 g/mol. The molecule has 5 nitrogen and oxygen atoms in total. The number of aliphatic hydroxyl groups excluding tert-OH is 1. The number of fused-ring (bicyclic) bond motifs is 1. The minimum absolute atomic E-state index is 0.134. The lowest BCUT2D eigenvalue weighted by Crippen LogP contribution is -2.22. The lowest BCUT2D eigenvalue weighted by Gasteiger charge is -2.09. The molecule has 0 unspecified atom stereocenters. The third-order valence-corrected chi connectivity index (χ3v) is 4.03. The Balaban J connectivity index is 1.85. The Hall–Kier alpha value is -3.07. The van der Waals surface area contributed by atoms with Crippen LogP contribution in [0.15, 0.2) is 48.7 Å². The molecule has 1 aromatic heterocycles. The second-order valence-electron chi connectivity index (χ2n) is 5.52. The van der Waals surface area contributed by atoms with Crippen molar-refractivity contribution in [2.45, 2.75) is 6.54 Å². The number of phenolic OH excluding ortho intramolecular Hbond substituents is 1. The first-order chi connectivity index (χ1) is 12.6. The Morgan fingerprint density at radius 2 is 1.96 bits per heavy atom. The van der Waals surface area contributed by atoms with Gasteiger partial charge in [0, 0.05) is 28.5 Å². The molecule has 0 aliphatic carbocycles. The molecule has 0 saturated heterocycles. The van der Waals surface area contributed by atoms with E-state index in [1.165, 1.54) is 0 Å². The molecule has 0 aliphatic rings. The van der Waals surface area contributed by atoms with Gasteiger partial charge in [-0.25, -0.2) is 4.98 Å². The zero-order valence-electron chi connectivity index (χ0n) is 13.7. The van der Waals surface area contributed by atoms with E-state index in [2.05, 4.69) is 22.1 Å². The van der Waals surface area contributed by atoms with Gasteiger partial charge in [-0.05, 0) is 35.7 Å². The number of benzene rings is 2. The molecule has 130 valence electrons. The van der Waals surface area contributed by atoms with Crippen LogP contribution in [0.3, 0.4) is 0 Å². The molecule has 1 amide bonds. The second kappa shape index (κ2) is 7.87. The first-order valence-corrected chi connectivity index (χ1v) is 8.20. The number of amides is 1. The van der Waals surface area contributed by atoms with Crippen LogP contribution in [-0.2, 0) is 6.54 Å². The molecule has 3 aromatic rings. The van der Waals surface area contributed by atoms with Gasteiger partial charge in [-0.1, -0.05) is 35.7 Å². The maximum Gasteiger partial charge on any atom is 0.255 e. The number of halogens is 1. The van der Waals surface area contributed by atoms with Gasteiger partial charge in [0.2, 0.25) is 0 Å². The predicted molar refractivity (Wildman–Crippen MR) is 100.0 cm³/mol. The van der Waals surface area contributed by atoms with Crippen molar-refractivity contribution in [2.24, 2.45) is 0 Å². The molecule has 0 atom stereocenters. The number of aliphatic hydroxyl groups is 1. The van der Waals surface area contributed by atoms with E-state index in [-0.39, 0.29) is 23.8 Å². The first-order valence-electron chi connectivity index (χ1n) is 7.82. The number of carbonyl (C=O) groups excluding carboxylic acids is 1. The highest BCUT2D eigenvalue weighted by Gasteiger charge is 2.14. The highest BCUT2D eigenvalue weighted by atomic mass is 35.5. The number of aromatic hydroxyl groups is 1. The molecule has 0 radical (unpaired) electrons. The summed E-state index contributed by atoms with van der Waals surface area (Å²) in [6, 6.07) is 12.0. The van der Waals surface area contributed by atoms with Gasteiger partial charge >= 0.3 is 0 Å². The normalized spacial score (nSPS) is 10.2. The number of hydrogen-bond acceptors (Lipinski definition) is 4. The molecule has 1 heterocycles. The largest absolute Gasteiger partial charge is 0.506 e. The summed E-state index contributed by atoms with van der Waals surface area (Å²) < 4.78 is 0. The molecule has 0 aliphatic heterocycles. The maximum atomic E-state index is 12.4. The predicted octanol–water partition coefficient (Wildman–Crippen LogP) is 2.87. The molecule has 26 heavy (non-hydrogen) atoms. The van der Waals surface area contributed by atoms with Crippen LogP contribution in [-0.4, -0.2) is 27.7 Å². The van der Waals surface area contributed by atoms with Gasteiger partial charge in [0.15, 0.2) is 0 Å². The van der Waals surface area contributed by atoms with Gasteiger partial charge in [0.25, 0.3) is 5.91 Å². The fraction of sp³-hybridized carbons (Fsp3) is 0.100. The summed E-state index contributed by atoms with van der Waals surface area (Å²) in [5, 5.41) is 23.8. The summed E-state index contributed by atoms with van der Waals surface area (Å²) in [5.41, 5.74) is 1.47. The van der Waals surface area contributed by atoms with E-state index < -0.39 is 0 Å². The van der Waals surface area contributed by atoms with E-state index >= 15 is 0 Å². The summed E-state index contributed by atoms with van der Waals surface area (Å²) in [7, 11) is 0. The lowest BCUT2D eigenvalue weighted by molar-refractivity contribution is 0.0948. The quantitative estimate of drug-likeness (QED) is 0.622. The van der Waals surface area contributed by atoms with Crippen LogP contribution in [0.2, 0.25) is 5.02 Å². The maximum absolute atomic E-state index is 12.4. The van der Waals surface area contributed by atoms with E-state index in [0.29, 0.717) is 28.0 Å². The number of carbonyl (C=O) groups is 1. The van der Waals surface area contributed by atoms with Crippen molar-refractivity contribution in [3.8, 4) is 17.6 Å². The van der Waals surface area contributed by atoms with Gasteiger partial charge in [0.05, 0.1) is 5.56 Å². The van der Waals surface area contributed by atoms with Crippen LogP contribution in [0.5, 0.6) is 5.75 Å². The molecule has 0 bridgehead atoms. The Labute approximate surface area is 155 Å². The molecule has 0 saturated carbocycles. The Kier molecular flexibility index (Phi) is 5.37. The number of aromatic nitrogens is 1. The molecule has 0 spiro atoms. The average molecular weight is 367 g/mol. The zero-order valence-corrected chi connectivity index (χ0v) is 14.4. The topological polar surface area (TPSA) is 82.5 Å². The van der Waals surface area contributed by atoms with Crippen molar-refractivity contribution in [3.05, 3.63) is 70.5 Å². The third-order valence-electron chi connectivity index (χ3n) is 3.78.